The monoisotopic (exact) mass is 152 g/mol. The standard InChI is InChI=1S/C2H7N2O2P.Al.3H/c3-2(4)1-6-7-5;;;;/h2H,1,3-4H2;;;;. The molecule has 0 unspecified atom stereocenters. The number of rotatable bonds is 3. The molecule has 0 saturated carbocycles. The highest BCUT2D eigenvalue weighted by atomic mass is 31.1. The molecule has 0 aromatic rings. The second-order valence-corrected chi connectivity index (χ2v) is 1.44. The highest BCUT2D eigenvalue weighted by Gasteiger charge is 1.89. The van der Waals surface area contributed by atoms with Gasteiger partial charge in [-0.15, -0.1) is 0 Å². The molecule has 0 aliphatic carbocycles. The van der Waals surface area contributed by atoms with E-state index in [2.05, 4.69) is 4.52 Å². The highest BCUT2D eigenvalue weighted by Crippen LogP contribution is 1.91. The van der Waals surface area contributed by atoms with Gasteiger partial charge >= 0.3 is 8.69 Å². The van der Waals surface area contributed by atoms with E-state index < -0.39 is 6.17 Å². The number of nitrogens with two attached hydrogens (primary N) is 2. The average molecular weight is 152 g/mol. The molecule has 0 spiro atoms. The molecule has 0 radical (unpaired) electrons. The van der Waals surface area contributed by atoms with E-state index in [0.29, 0.717) is 0 Å². The molecule has 0 heterocycles. The predicted molar refractivity (Wildman–Crippen MR) is 35.7 cm³/mol. The quantitative estimate of drug-likeness (QED) is 0.286. The molecule has 0 aliphatic heterocycles. The molecule has 0 rings (SSSR count). The minimum atomic E-state index is -0.526. The van der Waals surface area contributed by atoms with Crippen LogP contribution in [0.5, 0.6) is 0 Å². The van der Waals surface area contributed by atoms with Crippen LogP contribution >= 0.6 is 8.69 Å². The van der Waals surface area contributed by atoms with Gasteiger partial charge in [0.2, 0.25) is 0 Å². The summed E-state index contributed by atoms with van der Waals surface area (Å²) in [5, 5.41) is 0. The highest BCUT2D eigenvalue weighted by molar-refractivity contribution is 7.17. The minimum Gasteiger partial charge on any atom is -0.314 e. The van der Waals surface area contributed by atoms with Gasteiger partial charge in [-0.3, -0.25) is 4.52 Å². The van der Waals surface area contributed by atoms with E-state index in [4.69, 9.17) is 11.5 Å². The lowest BCUT2D eigenvalue weighted by molar-refractivity contribution is 0.314. The molecule has 6 heteroatoms. The van der Waals surface area contributed by atoms with Crippen LogP contribution in [0.25, 0.3) is 0 Å². The maximum atomic E-state index is 9.47. The summed E-state index contributed by atoms with van der Waals surface area (Å²) in [6.07, 6.45) is -0.526. The van der Waals surface area contributed by atoms with Gasteiger partial charge < -0.3 is 11.5 Å². The molecular weight excluding hydrogens is 142 g/mol. The topological polar surface area (TPSA) is 78.3 Å². The Morgan fingerprint density at radius 1 is 1.62 bits per heavy atom. The first-order valence-corrected chi connectivity index (χ1v) is 2.46. The zero-order valence-corrected chi connectivity index (χ0v) is 4.60. The van der Waals surface area contributed by atoms with Crippen molar-refractivity contribution in [1.82, 2.24) is 0 Å². The van der Waals surface area contributed by atoms with E-state index in [1.807, 2.05) is 0 Å². The SMILES string of the molecule is NC(N)COP=O.[AlH3]. The molecule has 8 heavy (non-hydrogen) atoms. The predicted octanol–water partition coefficient (Wildman–Crippen LogP) is -1.73. The lowest BCUT2D eigenvalue weighted by Gasteiger charge is -1.96. The van der Waals surface area contributed by atoms with Gasteiger partial charge in [-0.05, 0) is 0 Å². The Labute approximate surface area is 60.0 Å². The summed E-state index contributed by atoms with van der Waals surface area (Å²) in [6, 6.07) is 0. The largest absolute Gasteiger partial charge is 0.327 e. The molecule has 0 aromatic carbocycles. The van der Waals surface area contributed by atoms with Crippen molar-refractivity contribution in [2.45, 2.75) is 6.17 Å². The van der Waals surface area contributed by atoms with Crippen LogP contribution in [-0.4, -0.2) is 30.1 Å². The normalized spacial score (nSPS) is 9.38. The van der Waals surface area contributed by atoms with E-state index in [0.717, 1.165) is 0 Å². The van der Waals surface area contributed by atoms with Gasteiger partial charge in [0.15, 0.2) is 17.4 Å². The molecule has 4 nitrogen and oxygen atoms in total. The lowest BCUT2D eigenvalue weighted by atomic mass is 10.6. The molecular formula is C2H10AlN2O2P. The van der Waals surface area contributed by atoms with Crippen molar-refractivity contribution in [3.8, 4) is 0 Å². The molecule has 0 fully saturated rings. The Bertz CT molecular complexity index is 62.0. The van der Waals surface area contributed by atoms with Crippen molar-refractivity contribution in [2.24, 2.45) is 11.5 Å². The van der Waals surface area contributed by atoms with E-state index in [1.54, 1.807) is 0 Å². The van der Waals surface area contributed by atoms with Crippen molar-refractivity contribution >= 4 is 26.0 Å². The van der Waals surface area contributed by atoms with Gasteiger partial charge in [0.05, 0.1) is 12.8 Å². The third-order valence-electron chi connectivity index (χ3n) is 0.320. The smallest absolute Gasteiger partial charge is 0.314 e. The Kier molecular flexibility index (Phi) is 10.6. The Balaban J connectivity index is 0. The van der Waals surface area contributed by atoms with Crippen LogP contribution in [0, 0.1) is 0 Å². The van der Waals surface area contributed by atoms with Crippen LogP contribution in [0.15, 0.2) is 0 Å². The fourth-order valence-corrected chi connectivity index (χ4v) is 0.349. The van der Waals surface area contributed by atoms with Crippen molar-refractivity contribution in [3.63, 3.8) is 0 Å². The van der Waals surface area contributed by atoms with Gasteiger partial charge in [-0.25, -0.2) is 4.57 Å². The molecule has 0 amide bonds. The third-order valence-corrected chi connectivity index (χ3v) is 0.574. The average Bonchev–Trinajstić information content (AvgIpc) is 1.61. The molecule has 48 valence electrons. The van der Waals surface area contributed by atoms with Gasteiger partial charge in [0.25, 0.3) is 0 Å². The third kappa shape index (κ3) is 9.72. The first kappa shape index (κ1) is 11.3. The molecule has 0 aromatic heterocycles. The fourth-order valence-electron chi connectivity index (χ4n) is 0.116. The second kappa shape index (κ2) is 7.51. The van der Waals surface area contributed by atoms with Crippen molar-refractivity contribution in [2.75, 3.05) is 6.61 Å². The maximum absolute atomic E-state index is 9.47. The Morgan fingerprint density at radius 3 is 2.25 bits per heavy atom. The van der Waals surface area contributed by atoms with Crippen LogP contribution in [-0.2, 0) is 9.09 Å². The van der Waals surface area contributed by atoms with Crippen LogP contribution < -0.4 is 11.5 Å². The summed E-state index contributed by atoms with van der Waals surface area (Å²) >= 11 is 0. The van der Waals surface area contributed by atoms with Gasteiger partial charge in [0.1, 0.15) is 0 Å². The Hall–Kier alpha value is 0.512. The summed E-state index contributed by atoms with van der Waals surface area (Å²) in [7, 11) is -0.370. The second-order valence-electron chi connectivity index (χ2n) is 1.03. The van der Waals surface area contributed by atoms with Gasteiger partial charge in [-0.1, -0.05) is 0 Å². The van der Waals surface area contributed by atoms with Crippen LogP contribution in [0.4, 0.5) is 0 Å². The molecule has 0 bridgehead atoms. The van der Waals surface area contributed by atoms with E-state index in [1.165, 1.54) is 0 Å². The summed E-state index contributed by atoms with van der Waals surface area (Å²) < 4.78 is 13.7. The zero-order chi connectivity index (χ0) is 5.70. The number of hydrogen-bond donors (Lipinski definition) is 2. The van der Waals surface area contributed by atoms with Crippen LogP contribution in [0.2, 0.25) is 0 Å². The summed E-state index contributed by atoms with van der Waals surface area (Å²) in [5.41, 5.74) is 9.98. The fraction of sp³-hybridized carbons (Fsp3) is 1.00. The van der Waals surface area contributed by atoms with Crippen molar-refractivity contribution in [3.05, 3.63) is 0 Å². The van der Waals surface area contributed by atoms with Crippen LogP contribution in [0.1, 0.15) is 0 Å². The first-order chi connectivity index (χ1) is 3.27. The van der Waals surface area contributed by atoms with Crippen molar-refractivity contribution < 1.29 is 9.09 Å². The van der Waals surface area contributed by atoms with Crippen LogP contribution in [0.3, 0.4) is 0 Å². The first-order valence-electron chi connectivity index (χ1n) is 1.73. The molecule has 0 saturated heterocycles. The van der Waals surface area contributed by atoms with E-state index >= 15 is 0 Å². The Morgan fingerprint density at radius 2 is 2.12 bits per heavy atom. The van der Waals surface area contributed by atoms with Gasteiger partial charge in [-0.2, -0.15) is 0 Å². The molecule has 0 aliphatic rings. The lowest BCUT2D eigenvalue weighted by Crippen LogP contribution is -2.34. The summed E-state index contributed by atoms with van der Waals surface area (Å²) in [4.78, 5) is 0. The minimum absolute atomic E-state index is 0. The van der Waals surface area contributed by atoms with Gasteiger partial charge in [0, 0.05) is 0 Å². The maximum Gasteiger partial charge on any atom is 0.327 e. The molecule has 4 N–H and O–H groups in total. The summed E-state index contributed by atoms with van der Waals surface area (Å²) in [6.45, 7) is 0.130. The summed E-state index contributed by atoms with van der Waals surface area (Å²) in [5.74, 6) is 0. The number of hydrogen-bond acceptors (Lipinski definition) is 4. The van der Waals surface area contributed by atoms with Crippen molar-refractivity contribution in [1.29, 1.82) is 0 Å². The van der Waals surface area contributed by atoms with E-state index in [-0.39, 0.29) is 32.7 Å². The zero-order valence-electron chi connectivity index (χ0n) is 3.70. The molecule has 0 atom stereocenters. The van der Waals surface area contributed by atoms with E-state index in [9.17, 15) is 4.57 Å².